The summed E-state index contributed by atoms with van der Waals surface area (Å²) in [6.07, 6.45) is 1.41. The van der Waals surface area contributed by atoms with Crippen molar-refractivity contribution in [3.05, 3.63) is 87.9 Å². The van der Waals surface area contributed by atoms with E-state index in [1.54, 1.807) is 12.1 Å². The number of aromatic amines is 1. The van der Waals surface area contributed by atoms with E-state index in [0.29, 0.717) is 5.56 Å². The fraction of sp³-hybridized carbons (Fsp3) is 0.290. The van der Waals surface area contributed by atoms with E-state index in [-0.39, 0.29) is 11.7 Å². The Morgan fingerprint density at radius 1 is 0.971 bits per heavy atom. The molecule has 1 aliphatic rings. The standard InChI is InChI=1S/C31H31FN2O/c1-17-10-13-26(32)21(14-17)11-12-23-25(24-9-7-8-22-19(3)16-33-29(22)24)15-18(2)28-27(23)20(4)30(35)31(5,6)34-28/h7-10,13-16,20,30,33-35H,1-6H3/t20-,30?/m0/s1. The first-order valence-electron chi connectivity index (χ1n) is 12.1. The van der Waals surface area contributed by atoms with Crippen molar-refractivity contribution < 1.29 is 9.50 Å². The van der Waals surface area contributed by atoms with Crippen LogP contribution < -0.4 is 5.32 Å². The SMILES string of the molecule is Cc1ccc(F)c(C#Cc2c(-c3cccc4c(C)c[nH]c34)cc(C)c3c2[C@H](C)C(O)C(C)(C)N3)c1. The maximum absolute atomic E-state index is 14.6. The summed E-state index contributed by atoms with van der Waals surface area (Å²) in [5.74, 6) is 5.97. The summed E-state index contributed by atoms with van der Waals surface area (Å²) in [5, 5.41) is 15.9. The number of hydrogen-bond acceptors (Lipinski definition) is 2. The summed E-state index contributed by atoms with van der Waals surface area (Å²) in [6, 6.07) is 13.4. The molecule has 0 spiro atoms. The molecule has 1 aliphatic heterocycles. The normalized spacial score (nSPS) is 18.5. The van der Waals surface area contributed by atoms with Crippen molar-refractivity contribution in [1.82, 2.24) is 4.98 Å². The van der Waals surface area contributed by atoms with Crippen molar-refractivity contribution in [2.45, 2.75) is 59.1 Å². The van der Waals surface area contributed by atoms with E-state index >= 15 is 0 Å². The molecule has 3 N–H and O–H groups in total. The Morgan fingerprint density at radius 3 is 2.51 bits per heavy atom. The van der Waals surface area contributed by atoms with Crippen LogP contribution >= 0.6 is 0 Å². The molecule has 4 aromatic rings. The number of benzene rings is 3. The number of H-pyrrole nitrogens is 1. The Bertz CT molecular complexity index is 1530. The van der Waals surface area contributed by atoms with Gasteiger partial charge in [-0.15, -0.1) is 0 Å². The topological polar surface area (TPSA) is 48.0 Å². The van der Waals surface area contributed by atoms with E-state index in [1.807, 2.05) is 33.9 Å². The zero-order valence-electron chi connectivity index (χ0n) is 21.1. The lowest BCUT2D eigenvalue weighted by Crippen LogP contribution is -2.50. The number of aliphatic hydroxyl groups excluding tert-OH is 1. The summed E-state index contributed by atoms with van der Waals surface area (Å²) < 4.78 is 14.6. The average molecular weight is 467 g/mol. The third kappa shape index (κ3) is 3.81. The van der Waals surface area contributed by atoms with Crippen LogP contribution in [0.15, 0.2) is 48.7 Å². The Morgan fingerprint density at radius 2 is 1.74 bits per heavy atom. The molecule has 0 bridgehead atoms. The van der Waals surface area contributed by atoms with Crippen molar-refractivity contribution in [1.29, 1.82) is 0 Å². The molecule has 4 heteroatoms. The molecule has 5 rings (SSSR count). The highest BCUT2D eigenvalue weighted by Gasteiger charge is 2.40. The third-order valence-electron chi connectivity index (χ3n) is 7.34. The predicted octanol–water partition coefficient (Wildman–Crippen LogP) is 6.97. The Hall–Kier alpha value is -3.55. The molecule has 0 saturated heterocycles. The van der Waals surface area contributed by atoms with Gasteiger partial charge in [0.15, 0.2) is 0 Å². The van der Waals surface area contributed by atoms with Crippen molar-refractivity contribution in [3.63, 3.8) is 0 Å². The molecule has 2 atom stereocenters. The van der Waals surface area contributed by atoms with E-state index in [2.05, 4.69) is 60.3 Å². The largest absolute Gasteiger partial charge is 0.390 e. The molecule has 0 saturated carbocycles. The number of fused-ring (bicyclic) bond motifs is 2. The van der Waals surface area contributed by atoms with Crippen LogP contribution in [-0.2, 0) is 0 Å². The molecule has 3 nitrogen and oxygen atoms in total. The maximum atomic E-state index is 14.6. The second-order valence-electron chi connectivity index (χ2n) is 10.4. The van der Waals surface area contributed by atoms with Gasteiger partial charge >= 0.3 is 0 Å². The van der Waals surface area contributed by atoms with Crippen LogP contribution in [0.5, 0.6) is 0 Å². The molecule has 1 aromatic heterocycles. The number of para-hydroxylation sites is 1. The Kier molecular flexibility index (Phi) is 5.49. The summed E-state index contributed by atoms with van der Waals surface area (Å²) in [7, 11) is 0. The molecule has 0 amide bonds. The van der Waals surface area contributed by atoms with E-state index in [9.17, 15) is 9.50 Å². The van der Waals surface area contributed by atoms with Gasteiger partial charge in [0.2, 0.25) is 0 Å². The number of rotatable bonds is 1. The minimum Gasteiger partial charge on any atom is -0.390 e. The van der Waals surface area contributed by atoms with Crippen LogP contribution in [0.1, 0.15) is 60.1 Å². The Balaban J connectivity index is 1.84. The first kappa shape index (κ1) is 23.2. The van der Waals surface area contributed by atoms with Crippen molar-refractivity contribution in [3.8, 4) is 23.0 Å². The molecule has 35 heavy (non-hydrogen) atoms. The van der Waals surface area contributed by atoms with Crippen LogP contribution in [0.4, 0.5) is 10.1 Å². The zero-order valence-corrected chi connectivity index (χ0v) is 21.1. The fourth-order valence-corrected chi connectivity index (χ4v) is 5.37. The number of anilines is 1. The number of nitrogens with one attached hydrogen (secondary N) is 2. The highest BCUT2D eigenvalue weighted by molar-refractivity contribution is 5.98. The predicted molar refractivity (Wildman–Crippen MR) is 142 cm³/mol. The molecule has 0 aliphatic carbocycles. The lowest BCUT2D eigenvalue weighted by Gasteiger charge is -2.43. The molecule has 2 heterocycles. The molecular formula is C31H31FN2O. The van der Waals surface area contributed by atoms with Gasteiger partial charge in [-0.05, 0) is 75.1 Å². The molecule has 3 aromatic carbocycles. The van der Waals surface area contributed by atoms with Gasteiger partial charge in [0, 0.05) is 39.9 Å². The van der Waals surface area contributed by atoms with Gasteiger partial charge in [-0.3, -0.25) is 0 Å². The van der Waals surface area contributed by atoms with E-state index < -0.39 is 11.6 Å². The smallest absolute Gasteiger partial charge is 0.138 e. The number of hydrogen-bond donors (Lipinski definition) is 3. The van der Waals surface area contributed by atoms with E-state index in [1.165, 1.54) is 11.6 Å². The second-order valence-corrected chi connectivity index (χ2v) is 10.4. The van der Waals surface area contributed by atoms with Crippen molar-refractivity contribution in [2.24, 2.45) is 0 Å². The molecule has 178 valence electrons. The molecule has 0 fully saturated rings. The van der Waals surface area contributed by atoms with Gasteiger partial charge in [-0.25, -0.2) is 4.39 Å². The van der Waals surface area contributed by atoms with Crippen LogP contribution in [0.2, 0.25) is 0 Å². The van der Waals surface area contributed by atoms with Crippen molar-refractivity contribution in [2.75, 3.05) is 5.32 Å². The van der Waals surface area contributed by atoms with Gasteiger partial charge < -0.3 is 15.4 Å². The van der Waals surface area contributed by atoms with Gasteiger partial charge in [0.1, 0.15) is 5.82 Å². The van der Waals surface area contributed by atoms with E-state index in [4.69, 9.17) is 0 Å². The van der Waals surface area contributed by atoms with Gasteiger partial charge in [-0.1, -0.05) is 43.0 Å². The highest BCUT2D eigenvalue weighted by Crippen LogP contribution is 2.46. The number of halogens is 1. The third-order valence-corrected chi connectivity index (χ3v) is 7.34. The summed E-state index contributed by atoms with van der Waals surface area (Å²) >= 11 is 0. The zero-order chi connectivity index (χ0) is 25.1. The number of aromatic nitrogens is 1. The van der Waals surface area contributed by atoms with Crippen LogP contribution in [0.25, 0.3) is 22.0 Å². The fourth-order valence-electron chi connectivity index (χ4n) is 5.37. The average Bonchev–Trinajstić information content (AvgIpc) is 3.20. The summed E-state index contributed by atoms with van der Waals surface area (Å²) in [6.45, 7) is 12.2. The summed E-state index contributed by atoms with van der Waals surface area (Å²) in [5.41, 5.74) is 8.99. The monoisotopic (exact) mass is 466 g/mol. The molecular weight excluding hydrogens is 435 g/mol. The minimum atomic E-state index is -0.607. The van der Waals surface area contributed by atoms with Gasteiger partial charge in [0.25, 0.3) is 0 Å². The van der Waals surface area contributed by atoms with Crippen LogP contribution in [-0.4, -0.2) is 21.7 Å². The number of aliphatic hydroxyl groups is 1. The quantitative estimate of drug-likeness (QED) is 0.265. The first-order valence-corrected chi connectivity index (χ1v) is 12.1. The lowest BCUT2D eigenvalue weighted by atomic mass is 9.75. The van der Waals surface area contributed by atoms with Crippen LogP contribution in [0.3, 0.4) is 0 Å². The van der Waals surface area contributed by atoms with Crippen LogP contribution in [0, 0.1) is 38.4 Å². The molecule has 1 unspecified atom stereocenters. The van der Waals surface area contributed by atoms with Gasteiger partial charge in [-0.2, -0.15) is 0 Å². The molecule has 0 radical (unpaired) electrons. The first-order chi connectivity index (χ1) is 16.6. The van der Waals surface area contributed by atoms with Gasteiger partial charge in [0.05, 0.1) is 22.7 Å². The van der Waals surface area contributed by atoms with Crippen molar-refractivity contribution >= 4 is 16.6 Å². The minimum absolute atomic E-state index is 0.156. The Labute approximate surface area is 206 Å². The summed E-state index contributed by atoms with van der Waals surface area (Å²) in [4.78, 5) is 3.43. The maximum Gasteiger partial charge on any atom is 0.138 e. The van der Waals surface area contributed by atoms with E-state index in [0.717, 1.165) is 50.0 Å². The highest BCUT2D eigenvalue weighted by atomic mass is 19.1. The second kappa shape index (κ2) is 8.29. The lowest BCUT2D eigenvalue weighted by molar-refractivity contribution is 0.0868. The number of aryl methyl sites for hydroxylation is 3.